The van der Waals surface area contributed by atoms with E-state index in [0.29, 0.717) is 29.4 Å². The second kappa shape index (κ2) is 11.3. The standard InChI is InChI=1S/C29H38N4O6/c34-26-8-7-25(27(35)31-26)33-28(36)23-6-1-18(17-24(23)29(33)37)32-15-11-22(12-16-32)39-20-4-2-19(3-5-20)38-21-9-13-30-14-10-21/h1,6,17,19-22,25,30H,2-5,7-16H2,(H,31,34,35). The number of nitrogens with one attached hydrogen (secondary N) is 2. The number of hydrogen-bond donors (Lipinski definition) is 2. The fraction of sp³-hybridized carbons (Fsp3) is 0.655. The van der Waals surface area contributed by atoms with Crippen LogP contribution in [-0.2, 0) is 19.1 Å². The van der Waals surface area contributed by atoms with Crippen LogP contribution in [0.5, 0.6) is 0 Å². The number of piperidine rings is 3. The first-order chi connectivity index (χ1) is 19.0. The normalized spacial score (nSPS) is 29.1. The minimum atomic E-state index is -0.947. The summed E-state index contributed by atoms with van der Waals surface area (Å²) in [4.78, 5) is 53.2. The van der Waals surface area contributed by atoms with E-state index in [2.05, 4.69) is 15.5 Å². The van der Waals surface area contributed by atoms with Gasteiger partial charge >= 0.3 is 0 Å². The average molecular weight is 539 g/mol. The van der Waals surface area contributed by atoms with Crippen molar-refractivity contribution in [1.82, 2.24) is 15.5 Å². The molecule has 1 aromatic rings. The van der Waals surface area contributed by atoms with Gasteiger partial charge in [0, 0.05) is 25.2 Å². The van der Waals surface area contributed by atoms with Crippen LogP contribution in [0.2, 0.25) is 0 Å². The number of ether oxygens (including phenoxy) is 2. The van der Waals surface area contributed by atoms with E-state index in [4.69, 9.17) is 9.47 Å². The monoisotopic (exact) mass is 538 g/mol. The van der Waals surface area contributed by atoms with E-state index in [1.807, 2.05) is 6.07 Å². The molecular weight excluding hydrogens is 500 g/mol. The minimum absolute atomic E-state index is 0.111. The Balaban J connectivity index is 0.995. The van der Waals surface area contributed by atoms with E-state index in [1.54, 1.807) is 12.1 Å². The van der Waals surface area contributed by atoms with Gasteiger partial charge in [-0.3, -0.25) is 29.4 Å². The van der Waals surface area contributed by atoms with E-state index >= 15 is 0 Å². The van der Waals surface area contributed by atoms with Gasteiger partial charge in [-0.05, 0) is 89.1 Å². The number of carbonyl (C=O) groups is 4. The molecule has 0 aromatic heterocycles. The Kier molecular flexibility index (Phi) is 7.68. The van der Waals surface area contributed by atoms with E-state index in [1.165, 1.54) is 0 Å². The summed E-state index contributed by atoms with van der Waals surface area (Å²) in [6.07, 6.45) is 9.89. The lowest BCUT2D eigenvalue weighted by Crippen LogP contribution is -2.54. The van der Waals surface area contributed by atoms with Crippen molar-refractivity contribution in [3.05, 3.63) is 29.3 Å². The van der Waals surface area contributed by atoms with Crippen molar-refractivity contribution in [3.63, 3.8) is 0 Å². The van der Waals surface area contributed by atoms with Crippen LogP contribution in [0.25, 0.3) is 0 Å². The number of nitrogens with zero attached hydrogens (tertiary/aromatic N) is 2. The second-order valence-corrected chi connectivity index (χ2v) is 11.5. The van der Waals surface area contributed by atoms with Crippen molar-refractivity contribution in [1.29, 1.82) is 0 Å². The highest BCUT2D eigenvalue weighted by Crippen LogP contribution is 2.33. The molecule has 10 nitrogen and oxygen atoms in total. The van der Waals surface area contributed by atoms with Gasteiger partial charge in [0.05, 0.1) is 35.5 Å². The highest BCUT2D eigenvalue weighted by Gasteiger charge is 2.44. The number of amides is 4. The van der Waals surface area contributed by atoms with Gasteiger partial charge in [0.1, 0.15) is 6.04 Å². The van der Waals surface area contributed by atoms with Crippen molar-refractivity contribution in [3.8, 4) is 0 Å². The van der Waals surface area contributed by atoms with Gasteiger partial charge in [-0.2, -0.15) is 0 Å². The summed E-state index contributed by atoms with van der Waals surface area (Å²) in [6.45, 7) is 3.75. The Labute approximate surface area is 228 Å². The van der Waals surface area contributed by atoms with E-state index in [9.17, 15) is 19.2 Å². The fourth-order valence-electron chi connectivity index (χ4n) is 6.69. The lowest BCUT2D eigenvalue weighted by atomic mass is 9.94. The van der Waals surface area contributed by atoms with Gasteiger partial charge in [-0.1, -0.05) is 0 Å². The van der Waals surface area contributed by atoms with Gasteiger partial charge in [-0.15, -0.1) is 0 Å². The molecule has 39 heavy (non-hydrogen) atoms. The van der Waals surface area contributed by atoms with E-state index in [-0.39, 0.29) is 24.9 Å². The predicted molar refractivity (Wildman–Crippen MR) is 142 cm³/mol. The molecule has 1 saturated carbocycles. The number of hydrogen-bond acceptors (Lipinski definition) is 8. The first-order valence-corrected chi connectivity index (χ1v) is 14.6. The summed E-state index contributed by atoms with van der Waals surface area (Å²) in [5.41, 5.74) is 1.53. The SMILES string of the molecule is O=C1CCC(N2C(=O)c3ccc(N4CCC(OC5CCC(OC6CCNCC6)CC5)CC4)cc3C2=O)C(=O)N1. The fourth-order valence-corrected chi connectivity index (χ4v) is 6.69. The zero-order valence-electron chi connectivity index (χ0n) is 22.4. The summed E-state index contributed by atoms with van der Waals surface area (Å²) < 4.78 is 12.8. The molecular formula is C29H38N4O6. The first kappa shape index (κ1) is 26.4. The van der Waals surface area contributed by atoms with Crippen molar-refractivity contribution in [2.75, 3.05) is 31.1 Å². The van der Waals surface area contributed by atoms with Gasteiger partial charge in [0.2, 0.25) is 11.8 Å². The van der Waals surface area contributed by atoms with Crippen LogP contribution in [0.15, 0.2) is 18.2 Å². The first-order valence-electron chi connectivity index (χ1n) is 14.6. The summed E-state index contributed by atoms with van der Waals surface area (Å²) >= 11 is 0. The average Bonchev–Trinajstić information content (AvgIpc) is 3.20. The second-order valence-electron chi connectivity index (χ2n) is 11.5. The summed E-state index contributed by atoms with van der Waals surface area (Å²) in [7, 11) is 0. The third-order valence-electron chi connectivity index (χ3n) is 8.91. The third kappa shape index (κ3) is 5.60. The van der Waals surface area contributed by atoms with Gasteiger partial charge < -0.3 is 19.7 Å². The lowest BCUT2D eigenvalue weighted by molar-refractivity contribution is -0.136. The van der Waals surface area contributed by atoms with Crippen LogP contribution in [0.4, 0.5) is 5.69 Å². The molecule has 210 valence electrons. The number of imide groups is 2. The molecule has 6 rings (SSSR count). The lowest BCUT2D eigenvalue weighted by Gasteiger charge is -2.37. The maximum Gasteiger partial charge on any atom is 0.262 e. The van der Waals surface area contributed by atoms with Gasteiger partial charge in [-0.25, -0.2) is 0 Å². The Morgan fingerprint density at radius 2 is 1.28 bits per heavy atom. The van der Waals surface area contributed by atoms with Crippen LogP contribution in [0, 0.1) is 0 Å². The van der Waals surface area contributed by atoms with Crippen LogP contribution < -0.4 is 15.5 Å². The number of fused-ring (bicyclic) bond motifs is 1. The third-order valence-corrected chi connectivity index (χ3v) is 8.91. The van der Waals surface area contributed by atoms with Gasteiger partial charge in [0.15, 0.2) is 0 Å². The highest BCUT2D eigenvalue weighted by atomic mass is 16.5. The Morgan fingerprint density at radius 1 is 0.692 bits per heavy atom. The van der Waals surface area contributed by atoms with Gasteiger partial charge in [0.25, 0.3) is 11.8 Å². The van der Waals surface area contributed by atoms with Crippen LogP contribution >= 0.6 is 0 Å². The minimum Gasteiger partial charge on any atom is -0.375 e. The molecule has 5 aliphatic rings. The molecule has 4 aliphatic heterocycles. The molecule has 1 atom stereocenters. The van der Waals surface area contributed by atoms with Crippen molar-refractivity contribution in [2.45, 2.75) is 94.7 Å². The Bertz CT molecular complexity index is 1120. The zero-order valence-corrected chi connectivity index (χ0v) is 22.4. The number of rotatable bonds is 6. The molecule has 0 radical (unpaired) electrons. The molecule has 0 bridgehead atoms. The van der Waals surface area contributed by atoms with Crippen molar-refractivity contribution >= 4 is 29.3 Å². The van der Waals surface area contributed by atoms with Crippen LogP contribution in [0.1, 0.15) is 84.9 Å². The highest BCUT2D eigenvalue weighted by molar-refractivity contribution is 6.23. The molecule has 2 N–H and O–H groups in total. The van der Waals surface area contributed by atoms with Crippen molar-refractivity contribution < 1.29 is 28.7 Å². The molecule has 3 saturated heterocycles. The maximum atomic E-state index is 13.2. The quantitative estimate of drug-likeness (QED) is 0.530. The smallest absolute Gasteiger partial charge is 0.262 e. The summed E-state index contributed by atoms with van der Waals surface area (Å²) in [5.74, 6) is -1.91. The number of carbonyl (C=O) groups excluding carboxylic acids is 4. The van der Waals surface area contributed by atoms with E-state index < -0.39 is 23.8 Å². The summed E-state index contributed by atoms with van der Waals surface area (Å²) in [5, 5.41) is 5.63. The van der Waals surface area contributed by atoms with Crippen molar-refractivity contribution in [2.24, 2.45) is 0 Å². The zero-order chi connectivity index (χ0) is 26.9. The maximum absolute atomic E-state index is 13.2. The topological polar surface area (TPSA) is 117 Å². The largest absolute Gasteiger partial charge is 0.375 e. The number of benzene rings is 1. The Morgan fingerprint density at radius 3 is 1.92 bits per heavy atom. The van der Waals surface area contributed by atoms with E-state index in [0.717, 1.165) is 88.1 Å². The van der Waals surface area contributed by atoms with Crippen LogP contribution in [0.3, 0.4) is 0 Å². The molecule has 1 unspecified atom stereocenters. The van der Waals surface area contributed by atoms with Crippen LogP contribution in [-0.4, -0.2) is 85.2 Å². The molecule has 1 aliphatic carbocycles. The predicted octanol–water partition coefficient (Wildman–Crippen LogP) is 2.15. The molecule has 4 heterocycles. The molecule has 4 fully saturated rings. The molecule has 1 aromatic carbocycles. The Hall–Kier alpha value is -2.82. The number of anilines is 1. The molecule has 10 heteroatoms. The summed E-state index contributed by atoms with van der Waals surface area (Å²) in [6, 6.07) is 4.39. The molecule has 0 spiro atoms. The molecule has 4 amide bonds.